The van der Waals surface area contributed by atoms with Gasteiger partial charge in [0.25, 0.3) is 0 Å². The maximum atomic E-state index is 12.2. The summed E-state index contributed by atoms with van der Waals surface area (Å²) in [5, 5.41) is 9.60. The number of benzene rings is 1. The van der Waals surface area contributed by atoms with E-state index < -0.39 is 20.5 Å². The highest BCUT2D eigenvalue weighted by Gasteiger charge is 2.69. The summed E-state index contributed by atoms with van der Waals surface area (Å²) in [5.41, 5.74) is 5.85. The van der Waals surface area contributed by atoms with Crippen molar-refractivity contribution in [2.75, 3.05) is 18.9 Å². The molecule has 106 valence electrons. The first-order valence-electron chi connectivity index (χ1n) is 6.21. The Morgan fingerprint density at radius 2 is 1.95 bits per heavy atom. The van der Waals surface area contributed by atoms with Crippen molar-refractivity contribution in [3.8, 4) is 0 Å². The standard InChI is InChI=1S/C13H18ClNO3S/c1-2-19(17,18)12-11(13(12,7-15)8-16)9-3-5-10(14)6-4-9/h3-6,11-12,16H,2,7-8,15H2,1H3/t11-,12+,13-/m0/s1. The second-order valence-corrected chi connectivity index (χ2v) is 7.84. The smallest absolute Gasteiger partial charge is 0.154 e. The fourth-order valence-corrected chi connectivity index (χ4v) is 5.15. The van der Waals surface area contributed by atoms with Crippen molar-refractivity contribution in [2.24, 2.45) is 11.1 Å². The Hall–Kier alpha value is -0.620. The first-order chi connectivity index (χ1) is 8.93. The zero-order valence-corrected chi connectivity index (χ0v) is 12.3. The van der Waals surface area contributed by atoms with E-state index in [0.29, 0.717) is 5.02 Å². The highest BCUT2D eigenvalue weighted by molar-refractivity contribution is 7.92. The van der Waals surface area contributed by atoms with Gasteiger partial charge in [-0.15, -0.1) is 0 Å². The van der Waals surface area contributed by atoms with Crippen LogP contribution in [0.3, 0.4) is 0 Å². The molecule has 0 radical (unpaired) electrons. The Balaban J connectivity index is 2.42. The number of aliphatic hydroxyl groups is 1. The third-order valence-corrected chi connectivity index (χ3v) is 6.64. The van der Waals surface area contributed by atoms with Gasteiger partial charge in [-0.25, -0.2) is 8.42 Å². The Kier molecular flexibility index (Phi) is 3.93. The number of rotatable bonds is 5. The third-order valence-electron chi connectivity index (χ3n) is 4.07. The molecule has 0 heterocycles. The fourth-order valence-electron chi connectivity index (χ4n) is 2.87. The molecular weight excluding hydrogens is 286 g/mol. The van der Waals surface area contributed by atoms with Crippen LogP contribution in [0.4, 0.5) is 0 Å². The lowest BCUT2D eigenvalue weighted by atomic mass is 10.0. The van der Waals surface area contributed by atoms with E-state index in [1.807, 2.05) is 0 Å². The number of halogens is 1. The largest absolute Gasteiger partial charge is 0.396 e. The van der Waals surface area contributed by atoms with Gasteiger partial charge in [-0.05, 0) is 17.7 Å². The number of hydrogen-bond acceptors (Lipinski definition) is 4. The van der Waals surface area contributed by atoms with Crippen LogP contribution in [0.2, 0.25) is 5.02 Å². The second-order valence-electron chi connectivity index (χ2n) is 5.00. The highest BCUT2D eigenvalue weighted by Crippen LogP contribution is 2.62. The molecule has 0 aliphatic heterocycles. The van der Waals surface area contributed by atoms with E-state index >= 15 is 0 Å². The first-order valence-corrected chi connectivity index (χ1v) is 8.30. The van der Waals surface area contributed by atoms with Crippen LogP contribution in [0, 0.1) is 5.41 Å². The van der Waals surface area contributed by atoms with E-state index in [4.69, 9.17) is 17.3 Å². The average Bonchev–Trinajstić information content (AvgIpc) is 3.10. The van der Waals surface area contributed by atoms with Crippen molar-refractivity contribution >= 4 is 21.4 Å². The molecule has 1 saturated carbocycles. The molecule has 0 spiro atoms. The minimum atomic E-state index is -3.24. The van der Waals surface area contributed by atoms with Gasteiger partial charge in [-0.3, -0.25) is 0 Å². The van der Waals surface area contributed by atoms with Crippen LogP contribution in [0.15, 0.2) is 24.3 Å². The predicted octanol–water partition coefficient (Wildman–Crippen LogP) is 1.18. The van der Waals surface area contributed by atoms with E-state index in [2.05, 4.69) is 0 Å². The molecule has 1 aliphatic carbocycles. The van der Waals surface area contributed by atoms with Crippen molar-refractivity contribution in [2.45, 2.75) is 18.1 Å². The molecule has 3 atom stereocenters. The van der Waals surface area contributed by atoms with Crippen molar-refractivity contribution in [1.82, 2.24) is 0 Å². The molecule has 0 amide bonds. The van der Waals surface area contributed by atoms with Crippen molar-refractivity contribution in [1.29, 1.82) is 0 Å². The van der Waals surface area contributed by atoms with Crippen molar-refractivity contribution in [3.05, 3.63) is 34.9 Å². The Bertz CT molecular complexity index is 552. The summed E-state index contributed by atoms with van der Waals surface area (Å²) in [5.74, 6) is -0.187. The lowest BCUT2D eigenvalue weighted by Gasteiger charge is -2.11. The number of aliphatic hydroxyl groups excluding tert-OH is 1. The molecule has 4 nitrogen and oxygen atoms in total. The van der Waals surface area contributed by atoms with Crippen LogP contribution in [-0.2, 0) is 9.84 Å². The number of sulfone groups is 1. The maximum absolute atomic E-state index is 12.2. The molecule has 3 N–H and O–H groups in total. The molecule has 2 rings (SSSR count). The van der Waals surface area contributed by atoms with E-state index in [1.165, 1.54) is 0 Å². The highest BCUT2D eigenvalue weighted by atomic mass is 35.5. The molecule has 1 aromatic rings. The molecular formula is C13H18ClNO3S. The van der Waals surface area contributed by atoms with Gasteiger partial charge >= 0.3 is 0 Å². The monoisotopic (exact) mass is 303 g/mol. The number of nitrogens with two attached hydrogens (primary N) is 1. The topological polar surface area (TPSA) is 80.4 Å². The Morgan fingerprint density at radius 3 is 2.37 bits per heavy atom. The molecule has 0 bridgehead atoms. The van der Waals surface area contributed by atoms with Crippen molar-refractivity contribution in [3.63, 3.8) is 0 Å². The number of hydrogen-bond donors (Lipinski definition) is 2. The van der Waals surface area contributed by atoms with E-state index in [0.717, 1.165) is 5.56 Å². The predicted molar refractivity (Wildman–Crippen MR) is 76.0 cm³/mol. The quantitative estimate of drug-likeness (QED) is 0.856. The lowest BCUT2D eigenvalue weighted by molar-refractivity contribution is 0.212. The fraction of sp³-hybridized carbons (Fsp3) is 0.538. The Morgan fingerprint density at radius 1 is 1.37 bits per heavy atom. The van der Waals surface area contributed by atoms with Crippen LogP contribution < -0.4 is 5.73 Å². The van der Waals surface area contributed by atoms with Crippen LogP contribution >= 0.6 is 11.6 Å². The van der Waals surface area contributed by atoms with Gasteiger partial charge in [0.2, 0.25) is 0 Å². The maximum Gasteiger partial charge on any atom is 0.154 e. The van der Waals surface area contributed by atoms with Crippen LogP contribution in [0.1, 0.15) is 18.4 Å². The van der Waals surface area contributed by atoms with Gasteiger partial charge in [0.05, 0.1) is 11.9 Å². The minimum Gasteiger partial charge on any atom is -0.396 e. The Labute approximate surface area is 118 Å². The summed E-state index contributed by atoms with van der Waals surface area (Å²) in [6.07, 6.45) is 0. The summed E-state index contributed by atoms with van der Waals surface area (Å²) in [6.45, 7) is 1.55. The zero-order valence-electron chi connectivity index (χ0n) is 10.7. The van der Waals surface area contributed by atoms with Gasteiger partial charge in [0.1, 0.15) is 0 Å². The molecule has 6 heteroatoms. The molecule has 0 unspecified atom stereocenters. The SMILES string of the molecule is CCS(=O)(=O)[C@@H]1[C@H](c2ccc(Cl)cc2)[C@]1(CN)CO. The summed E-state index contributed by atoms with van der Waals surface area (Å²) < 4.78 is 24.3. The zero-order chi connectivity index (χ0) is 14.3. The molecule has 0 aromatic heterocycles. The lowest BCUT2D eigenvalue weighted by Crippen LogP contribution is -2.28. The van der Waals surface area contributed by atoms with Gasteiger partial charge in [0.15, 0.2) is 9.84 Å². The van der Waals surface area contributed by atoms with E-state index in [-0.39, 0.29) is 24.8 Å². The van der Waals surface area contributed by atoms with E-state index in [9.17, 15) is 13.5 Å². The van der Waals surface area contributed by atoms with Gasteiger partial charge in [-0.1, -0.05) is 30.7 Å². The van der Waals surface area contributed by atoms with E-state index in [1.54, 1.807) is 31.2 Å². The first kappa shape index (κ1) is 14.8. The third kappa shape index (κ3) is 2.29. The summed E-state index contributed by atoms with van der Waals surface area (Å²) in [6, 6.07) is 7.06. The van der Waals surface area contributed by atoms with Crippen molar-refractivity contribution < 1.29 is 13.5 Å². The minimum absolute atomic E-state index is 0.0590. The van der Waals surface area contributed by atoms with Gasteiger partial charge in [-0.2, -0.15) is 0 Å². The molecule has 1 fully saturated rings. The van der Waals surface area contributed by atoms with Gasteiger partial charge < -0.3 is 10.8 Å². The molecule has 1 aliphatic rings. The second kappa shape index (κ2) is 5.05. The molecule has 1 aromatic carbocycles. The molecule has 0 saturated heterocycles. The summed E-state index contributed by atoms with van der Waals surface area (Å²) >= 11 is 5.84. The summed E-state index contributed by atoms with van der Waals surface area (Å²) in [7, 11) is -3.24. The summed E-state index contributed by atoms with van der Waals surface area (Å²) in [4.78, 5) is 0. The van der Waals surface area contributed by atoms with Gasteiger partial charge in [0, 0.05) is 28.7 Å². The average molecular weight is 304 g/mol. The molecule has 19 heavy (non-hydrogen) atoms. The van der Waals surface area contributed by atoms with Crippen LogP contribution in [0.5, 0.6) is 0 Å². The van der Waals surface area contributed by atoms with Crippen LogP contribution in [0.25, 0.3) is 0 Å². The van der Waals surface area contributed by atoms with Crippen LogP contribution in [-0.4, -0.2) is 37.7 Å². The normalized spacial score (nSPS) is 30.3.